The summed E-state index contributed by atoms with van der Waals surface area (Å²) in [6.07, 6.45) is 3.31. The molecule has 0 atom stereocenters. The molecule has 1 amide bonds. The molecule has 0 saturated heterocycles. The van der Waals surface area contributed by atoms with Crippen molar-refractivity contribution in [2.45, 2.75) is 17.0 Å². The van der Waals surface area contributed by atoms with Gasteiger partial charge in [-0.15, -0.1) is 10.2 Å². The largest absolute Gasteiger partial charge is 0.322 e. The molecule has 3 aromatic carbocycles. The van der Waals surface area contributed by atoms with Gasteiger partial charge in [0.2, 0.25) is 0 Å². The highest BCUT2D eigenvalue weighted by Crippen LogP contribution is 2.28. The van der Waals surface area contributed by atoms with Crippen LogP contribution >= 0.6 is 11.8 Å². The van der Waals surface area contributed by atoms with E-state index in [9.17, 15) is 9.18 Å². The second-order valence-electron chi connectivity index (χ2n) is 7.98. The first-order valence-corrected chi connectivity index (χ1v) is 11.6. The van der Waals surface area contributed by atoms with Crippen LogP contribution in [0.15, 0.2) is 95.4 Å². The number of rotatable bonds is 6. The van der Waals surface area contributed by atoms with Crippen molar-refractivity contribution in [2.24, 2.45) is 7.05 Å². The Balaban J connectivity index is 1.42. The number of aryl methyl sites for hydroxylation is 2. The van der Waals surface area contributed by atoms with Crippen LogP contribution in [0, 0.1) is 12.7 Å². The van der Waals surface area contributed by atoms with Crippen molar-refractivity contribution in [3.05, 3.63) is 102 Å². The number of carbonyl (C=O) groups is 1. The van der Waals surface area contributed by atoms with Crippen molar-refractivity contribution in [2.75, 3.05) is 5.32 Å². The fraction of sp³-hybridized carbons (Fsp3) is 0.0769. The van der Waals surface area contributed by atoms with Gasteiger partial charge in [-0.3, -0.25) is 4.79 Å². The SMILES string of the molecule is Cc1ccc(-c2nn(-c3ccc(F)cc3)cc2C(=O)Nc2ccc(Sc3nncn3C)cc2)cc1. The topological polar surface area (TPSA) is 77.6 Å². The first-order valence-electron chi connectivity index (χ1n) is 10.8. The van der Waals surface area contributed by atoms with E-state index < -0.39 is 0 Å². The predicted molar refractivity (Wildman–Crippen MR) is 133 cm³/mol. The summed E-state index contributed by atoms with van der Waals surface area (Å²) in [4.78, 5) is 14.3. The number of halogens is 1. The number of nitrogens with one attached hydrogen (secondary N) is 1. The highest BCUT2D eigenvalue weighted by molar-refractivity contribution is 7.99. The van der Waals surface area contributed by atoms with Gasteiger partial charge in [-0.2, -0.15) is 5.10 Å². The highest BCUT2D eigenvalue weighted by atomic mass is 32.2. The number of amides is 1. The van der Waals surface area contributed by atoms with Crippen LogP contribution in [0.1, 0.15) is 15.9 Å². The lowest BCUT2D eigenvalue weighted by Gasteiger charge is -2.07. The van der Waals surface area contributed by atoms with Gasteiger partial charge in [-0.25, -0.2) is 9.07 Å². The van der Waals surface area contributed by atoms with Gasteiger partial charge >= 0.3 is 0 Å². The van der Waals surface area contributed by atoms with Crippen molar-refractivity contribution in [3.63, 3.8) is 0 Å². The molecule has 5 aromatic rings. The molecule has 0 spiro atoms. The zero-order valence-electron chi connectivity index (χ0n) is 19.0. The zero-order chi connectivity index (χ0) is 24.4. The standard InChI is InChI=1S/C26H21FN6OS/c1-17-3-5-18(6-4-17)24-23(15-33(31-24)21-11-7-19(27)8-12-21)25(34)29-20-9-13-22(14-10-20)35-26-30-28-16-32(26)2/h3-16H,1-2H3,(H,29,34). The lowest BCUT2D eigenvalue weighted by atomic mass is 10.1. The van der Waals surface area contributed by atoms with Crippen molar-refractivity contribution in [1.29, 1.82) is 0 Å². The molecule has 0 fully saturated rings. The number of nitrogens with zero attached hydrogens (tertiary/aromatic N) is 5. The molecule has 0 aliphatic heterocycles. The molecule has 7 nitrogen and oxygen atoms in total. The second-order valence-corrected chi connectivity index (χ2v) is 9.02. The summed E-state index contributed by atoms with van der Waals surface area (Å²) in [6, 6.07) is 21.3. The summed E-state index contributed by atoms with van der Waals surface area (Å²) in [5.74, 6) is -0.624. The first kappa shape index (κ1) is 22.5. The predicted octanol–water partition coefficient (Wildman–Crippen LogP) is 5.52. The Morgan fingerprint density at radius 3 is 2.34 bits per heavy atom. The lowest BCUT2D eigenvalue weighted by Crippen LogP contribution is -2.12. The fourth-order valence-corrected chi connectivity index (χ4v) is 4.23. The van der Waals surface area contributed by atoms with Crippen molar-refractivity contribution < 1.29 is 9.18 Å². The van der Waals surface area contributed by atoms with Crippen LogP contribution in [0.2, 0.25) is 0 Å². The van der Waals surface area contributed by atoms with Crippen molar-refractivity contribution in [1.82, 2.24) is 24.5 Å². The van der Waals surface area contributed by atoms with Crippen molar-refractivity contribution in [3.8, 4) is 16.9 Å². The van der Waals surface area contributed by atoms with Gasteiger partial charge in [0, 0.05) is 29.4 Å². The third-order valence-corrected chi connectivity index (χ3v) is 6.43. The maximum Gasteiger partial charge on any atom is 0.259 e. The van der Waals surface area contributed by atoms with E-state index in [0.717, 1.165) is 21.2 Å². The minimum absolute atomic E-state index is 0.289. The van der Waals surface area contributed by atoms with Gasteiger partial charge in [-0.1, -0.05) is 29.8 Å². The number of anilines is 1. The van der Waals surface area contributed by atoms with Gasteiger partial charge in [0.05, 0.1) is 11.3 Å². The van der Waals surface area contributed by atoms with Crippen LogP contribution in [-0.4, -0.2) is 30.5 Å². The molecule has 2 aromatic heterocycles. The van der Waals surface area contributed by atoms with E-state index in [2.05, 4.69) is 20.6 Å². The summed E-state index contributed by atoms with van der Waals surface area (Å²) in [5.41, 5.74) is 4.19. The third kappa shape index (κ3) is 4.99. The van der Waals surface area contributed by atoms with E-state index in [1.165, 1.54) is 23.9 Å². The molecule has 0 unspecified atom stereocenters. The van der Waals surface area contributed by atoms with E-state index in [1.54, 1.807) is 29.3 Å². The van der Waals surface area contributed by atoms with Crippen molar-refractivity contribution >= 4 is 23.4 Å². The van der Waals surface area contributed by atoms with Crippen LogP contribution in [0.5, 0.6) is 0 Å². The van der Waals surface area contributed by atoms with E-state index in [-0.39, 0.29) is 11.7 Å². The molecular weight excluding hydrogens is 463 g/mol. The Morgan fingerprint density at radius 1 is 0.971 bits per heavy atom. The number of aromatic nitrogens is 5. The van der Waals surface area contributed by atoms with Gasteiger partial charge in [0.1, 0.15) is 17.8 Å². The summed E-state index contributed by atoms with van der Waals surface area (Å²) in [5, 5.41) is 16.3. The Bertz CT molecular complexity index is 1470. The van der Waals surface area contributed by atoms with E-state index in [1.807, 2.05) is 67.1 Å². The number of benzene rings is 3. The molecule has 0 saturated carbocycles. The van der Waals surface area contributed by atoms with Gasteiger partial charge in [0.15, 0.2) is 5.16 Å². The van der Waals surface area contributed by atoms with Gasteiger partial charge in [0.25, 0.3) is 5.91 Å². The van der Waals surface area contributed by atoms with Crippen LogP contribution in [0.4, 0.5) is 10.1 Å². The molecular formula is C26H21FN6OS. The minimum Gasteiger partial charge on any atom is -0.322 e. The molecule has 5 rings (SSSR count). The van der Waals surface area contributed by atoms with Crippen LogP contribution in [-0.2, 0) is 7.05 Å². The number of carbonyl (C=O) groups excluding carboxylic acids is 1. The Labute approximate surface area is 205 Å². The Morgan fingerprint density at radius 2 is 1.69 bits per heavy atom. The first-order chi connectivity index (χ1) is 17.0. The quantitative estimate of drug-likeness (QED) is 0.343. The van der Waals surface area contributed by atoms with Crippen LogP contribution < -0.4 is 5.32 Å². The lowest BCUT2D eigenvalue weighted by molar-refractivity contribution is 0.102. The average Bonchev–Trinajstić information content (AvgIpc) is 3.48. The van der Waals surface area contributed by atoms with E-state index in [4.69, 9.17) is 0 Å². The van der Waals surface area contributed by atoms with Gasteiger partial charge in [-0.05, 0) is 67.2 Å². The molecule has 0 aliphatic carbocycles. The van der Waals surface area contributed by atoms with Gasteiger partial charge < -0.3 is 9.88 Å². The summed E-state index contributed by atoms with van der Waals surface area (Å²) >= 11 is 1.48. The third-order valence-electron chi connectivity index (χ3n) is 5.37. The number of hydrogen-bond acceptors (Lipinski definition) is 5. The monoisotopic (exact) mass is 484 g/mol. The minimum atomic E-state index is -0.335. The Hall–Kier alpha value is -4.24. The molecule has 0 bridgehead atoms. The molecule has 2 heterocycles. The normalized spacial score (nSPS) is 10.9. The second kappa shape index (κ2) is 9.55. The zero-order valence-corrected chi connectivity index (χ0v) is 19.8. The molecule has 35 heavy (non-hydrogen) atoms. The Kier molecular flexibility index (Phi) is 6.15. The van der Waals surface area contributed by atoms with Crippen LogP contribution in [0.25, 0.3) is 16.9 Å². The summed E-state index contributed by atoms with van der Waals surface area (Å²) < 4.78 is 16.8. The molecule has 1 N–H and O–H groups in total. The average molecular weight is 485 g/mol. The maximum absolute atomic E-state index is 13.4. The molecule has 174 valence electrons. The van der Waals surface area contributed by atoms with E-state index in [0.29, 0.717) is 22.6 Å². The molecule has 0 radical (unpaired) electrons. The fourth-order valence-electron chi connectivity index (χ4n) is 3.47. The number of hydrogen-bond donors (Lipinski definition) is 1. The van der Waals surface area contributed by atoms with Crippen LogP contribution in [0.3, 0.4) is 0 Å². The maximum atomic E-state index is 13.4. The smallest absolute Gasteiger partial charge is 0.259 e. The highest BCUT2D eigenvalue weighted by Gasteiger charge is 2.19. The molecule has 9 heteroatoms. The summed E-state index contributed by atoms with van der Waals surface area (Å²) in [7, 11) is 1.88. The molecule has 0 aliphatic rings. The summed E-state index contributed by atoms with van der Waals surface area (Å²) in [6.45, 7) is 2.00. The van der Waals surface area contributed by atoms with E-state index >= 15 is 0 Å².